The summed E-state index contributed by atoms with van der Waals surface area (Å²) in [6, 6.07) is 9.42. The topological polar surface area (TPSA) is 88.8 Å². The number of aliphatic imine (C=N–C) groups is 1. The van der Waals surface area contributed by atoms with Crippen LogP contribution in [0.4, 0.5) is 5.69 Å². The second-order valence-corrected chi connectivity index (χ2v) is 9.09. The second-order valence-electron chi connectivity index (χ2n) is 8.21. The largest absolute Gasteiger partial charge is 0.363 e. The van der Waals surface area contributed by atoms with E-state index in [9.17, 15) is 14.9 Å². The lowest BCUT2D eigenvalue weighted by molar-refractivity contribution is 0.0790. The van der Waals surface area contributed by atoms with Gasteiger partial charge in [0.2, 0.25) is 0 Å². The number of unbranched alkanes of at least 4 members (excludes halogenated alkanes) is 1. The van der Waals surface area contributed by atoms with Crippen molar-refractivity contribution in [2.24, 2.45) is 4.99 Å². The summed E-state index contributed by atoms with van der Waals surface area (Å²) in [6.45, 7) is 4.82. The molecule has 1 aliphatic rings. The summed E-state index contributed by atoms with van der Waals surface area (Å²) in [5.74, 6) is -0.423. The third-order valence-corrected chi connectivity index (χ3v) is 6.61. The van der Waals surface area contributed by atoms with Gasteiger partial charge in [-0.2, -0.15) is 5.26 Å². The van der Waals surface area contributed by atoms with Gasteiger partial charge in [-0.1, -0.05) is 31.5 Å². The monoisotopic (exact) mass is 465 g/mol. The number of nitrogens with zero attached hydrogens (tertiary/aromatic N) is 4. The van der Waals surface area contributed by atoms with Crippen LogP contribution in [0.3, 0.4) is 0 Å². The van der Waals surface area contributed by atoms with Crippen LogP contribution in [-0.2, 0) is 6.54 Å². The summed E-state index contributed by atoms with van der Waals surface area (Å²) in [7, 11) is 1.70. The van der Waals surface area contributed by atoms with Crippen molar-refractivity contribution in [3.05, 3.63) is 51.2 Å². The minimum Gasteiger partial charge on any atom is -0.363 e. The van der Waals surface area contributed by atoms with E-state index in [2.05, 4.69) is 28.2 Å². The number of hydrogen-bond donors (Lipinski definition) is 1. The molecule has 33 heavy (non-hydrogen) atoms. The van der Waals surface area contributed by atoms with Crippen LogP contribution in [0, 0.1) is 11.3 Å². The molecule has 0 atom stereocenters. The predicted octanol–water partition coefficient (Wildman–Crippen LogP) is 4.57. The fourth-order valence-corrected chi connectivity index (χ4v) is 4.69. The van der Waals surface area contributed by atoms with Gasteiger partial charge in [-0.25, -0.2) is 4.99 Å². The van der Waals surface area contributed by atoms with E-state index in [1.807, 2.05) is 12.1 Å². The Balaban J connectivity index is 1.85. The van der Waals surface area contributed by atoms with Crippen LogP contribution in [0.25, 0.3) is 0 Å². The highest BCUT2D eigenvalue weighted by atomic mass is 32.1. The number of carbonyl (C=O) groups excluding carboxylic acids is 2. The molecule has 174 valence electrons. The van der Waals surface area contributed by atoms with Gasteiger partial charge in [-0.05, 0) is 37.3 Å². The summed E-state index contributed by atoms with van der Waals surface area (Å²) in [4.78, 5) is 34.9. The van der Waals surface area contributed by atoms with Crippen LogP contribution in [0.15, 0.2) is 34.6 Å². The lowest BCUT2D eigenvalue weighted by atomic mass is 10.1. The van der Waals surface area contributed by atoms with Gasteiger partial charge in [0.15, 0.2) is 0 Å². The van der Waals surface area contributed by atoms with E-state index in [1.54, 1.807) is 35.8 Å². The van der Waals surface area contributed by atoms with Gasteiger partial charge < -0.3 is 15.1 Å². The van der Waals surface area contributed by atoms with E-state index >= 15 is 0 Å². The molecule has 1 aromatic carbocycles. The number of carbonyl (C=O) groups is 2. The molecule has 3 rings (SSSR count). The number of thiophene rings is 1. The third-order valence-electron chi connectivity index (χ3n) is 5.65. The Kier molecular flexibility index (Phi) is 9.02. The van der Waals surface area contributed by atoms with Crippen molar-refractivity contribution in [2.75, 3.05) is 26.7 Å². The van der Waals surface area contributed by atoms with Crippen LogP contribution < -0.4 is 5.32 Å². The van der Waals surface area contributed by atoms with Crippen LogP contribution in [0.1, 0.15) is 70.2 Å². The molecule has 2 aromatic rings. The molecule has 0 bridgehead atoms. The molecular weight excluding hydrogens is 434 g/mol. The molecule has 0 unspecified atom stereocenters. The molecule has 0 saturated carbocycles. The van der Waals surface area contributed by atoms with Crippen LogP contribution >= 0.6 is 11.3 Å². The lowest BCUT2D eigenvalue weighted by Gasteiger charge is -2.24. The first-order chi connectivity index (χ1) is 16.0. The number of piperidine rings is 1. The SMILES string of the molecule is CCCCNC(=O)c1csc(C(=O)N(C)Cc2ccccc2C#N)c1N=CN1CCCCC1. The van der Waals surface area contributed by atoms with E-state index < -0.39 is 0 Å². The molecular formula is C25H31N5O2S. The second kappa shape index (κ2) is 12.2. The van der Waals surface area contributed by atoms with E-state index in [0.29, 0.717) is 34.8 Å². The molecule has 0 spiro atoms. The fraction of sp³-hybridized carbons (Fsp3) is 0.440. The molecule has 2 heterocycles. The maximum Gasteiger partial charge on any atom is 0.266 e. The maximum absolute atomic E-state index is 13.4. The molecule has 1 aromatic heterocycles. The molecule has 1 N–H and O–H groups in total. The van der Waals surface area contributed by atoms with Crippen molar-refractivity contribution in [3.63, 3.8) is 0 Å². The molecule has 8 heteroatoms. The number of nitriles is 1. The number of rotatable bonds is 9. The first-order valence-electron chi connectivity index (χ1n) is 11.5. The highest BCUT2D eigenvalue weighted by Crippen LogP contribution is 2.32. The number of hydrogen-bond acceptors (Lipinski definition) is 5. The number of nitrogens with one attached hydrogen (secondary N) is 1. The normalized spacial score (nSPS) is 13.7. The average molecular weight is 466 g/mol. The van der Waals surface area contributed by atoms with Crippen molar-refractivity contribution in [3.8, 4) is 6.07 Å². The highest BCUT2D eigenvalue weighted by Gasteiger charge is 2.24. The summed E-state index contributed by atoms with van der Waals surface area (Å²) in [5.41, 5.74) is 2.18. The third kappa shape index (κ3) is 6.42. The summed E-state index contributed by atoms with van der Waals surface area (Å²) in [5, 5.41) is 14.0. The fourth-order valence-electron chi connectivity index (χ4n) is 3.71. The molecule has 1 fully saturated rings. The number of likely N-dealkylation sites (tertiary alicyclic amines) is 1. The minimum atomic E-state index is -0.217. The maximum atomic E-state index is 13.4. The van der Waals surface area contributed by atoms with Crippen molar-refractivity contribution in [1.82, 2.24) is 15.1 Å². The molecule has 2 amide bonds. The number of benzene rings is 1. The lowest BCUT2D eigenvalue weighted by Crippen LogP contribution is -2.28. The van der Waals surface area contributed by atoms with Crippen molar-refractivity contribution < 1.29 is 9.59 Å². The summed E-state index contributed by atoms with van der Waals surface area (Å²) in [6.07, 6.45) is 7.11. The Hall–Kier alpha value is -3.18. The van der Waals surface area contributed by atoms with E-state index in [0.717, 1.165) is 44.3 Å². The molecule has 7 nitrogen and oxygen atoms in total. The summed E-state index contributed by atoms with van der Waals surface area (Å²) < 4.78 is 0. The minimum absolute atomic E-state index is 0.206. The Morgan fingerprint density at radius 1 is 1.27 bits per heavy atom. The smallest absolute Gasteiger partial charge is 0.266 e. The first-order valence-corrected chi connectivity index (χ1v) is 12.3. The van der Waals surface area contributed by atoms with Gasteiger partial charge >= 0.3 is 0 Å². The van der Waals surface area contributed by atoms with E-state index in [-0.39, 0.29) is 11.8 Å². The van der Waals surface area contributed by atoms with Gasteiger partial charge in [0.1, 0.15) is 10.6 Å². The first kappa shape index (κ1) is 24.5. The Morgan fingerprint density at radius 3 is 2.76 bits per heavy atom. The number of amides is 2. The average Bonchev–Trinajstić information content (AvgIpc) is 3.27. The molecule has 0 radical (unpaired) electrons. The van der Waals surface area contributed by atoms with Crippen molar-refractivity contribution in [2.45, 2.75) is 45.6 Å². The van der Waals surface area contributed by atoms with Gasteiger partial charge in [-0.15, -0.1) is 11.3 Å². The van der Waals surface area contributed by atoms with Crippen LogP contribution in [-0.4, -0.2) is 54.6 Å². The van der Waals surface area contributed by atoms with Crippen LogP contribution in [0.5, 0.6) is 0 Å². The van der Waals surface area contributed by atoms with E-state index in [4.69, 9.17) is 0 Å². The van der Waals surface area contributed by atoms with E-state index in [1.165, 1.54) is 17.8 Å². The quantitative estimate of drug-likeness (QED) is 0.334. The standard InChI is InChI=1S/C25H31N5O2S/c1-3-4-12-27-24(31)21-17-33-23(22(21)28-18-30-13-8-5-9-14-30)25(32)29(2)16-20-11-7-6-10-19(20)15-26/h6-7,10-11,17-18H,3-5,8-9,12-14,16H2,1-2H3,(H,27,31). The van der Waals surface area contributed by atoms with Crippen molar-refractivity contribution in [1.29, 1.82) is 5.26 Å². The van der Waals surface area contributed by atoms with Gasteiger partial charge in [0.25, 0.3) is 11.8 Å². The summed E-state index contributed by atoms with van der Waals surface area (Å²) >= 11 is 1.24. The Labute approximate surface area is 199 Å². The zero-order valence-electron chi connectivity index (χ0n) is 19.3. The van der Waals surface area contributed by atoms with Gasteiger partial charge in [-0.3, -0.25) is 9.59 Å². The molecule has 1 saturated heterocycles. The molecule has 0 aliphatic carbocycles. The Bertz CT molecular complexity index is 1030. The highest BCUT2D eigenvalue weighted by molar-refractivity contribution is 7.13. The van der Waals surface area contributed by atoms with Crippen LogP contribution in [0.2, 0.25) is 0 Å². The zero-order valence-corrected chi connectivity index (χ0v) is 20.2. The molecule has 1 aliphatic heterocycles. The van der Waals surface area contributed by atoms with Crippen molar-refractivity contribution >= 4 is 35.2 Å². The zero-order chi connectivity index (χ0) is 23.6. The van der Waals surface area contributed by atoms with Gasteiger partial charge in [0.05, 0.1) is 23.5 Å². The predicted molar refractivity (Wildman–Crippen MR) is 132 cm³/mol. The Morgan fingerprint density at radius 2 is 2.03 bits per heavy atom. The van der Waals surface area contributed by atoms with Gasteiger partial charge in [0, 0.05) is 38.6 Å².